The van der Waals surface area contributed by atoms with Gasteiger partial charge < -0.3 is 10.1 Å². The highest BCUT2D eigenvalue weighted by molar-refractivity contribution is 9.10. The normalized spacial score (nSPS) is 13.6. The number of likely N-dealkylation sites (N-methyl/N-ethyl adjacent to an activating group) is 1. The Hall–Kier alpha value is -0.730. The van der Waals surface area contributed by atoms with E-state index in [1.807, 2.05) is 0 Å². The fourth-order valence-electron chi connectivity index (χ4n) is 1.43. The molecule has 0 bridgehead atoms. The third-order valence-electron chi connectivity index (χ3n) is 2.31. The van der Waals surface area contributed by atoms with Crippen molar-refractivity contribution in [1.29, 1.82) is 0 Å². The zero-order valence-electron chi connectivity index (χ0n) is 9.82. The summed E-state index contributed by atoms with van der Waals surface area (Å²) in [5, 5.41) is 2.58. The minimum Gasteiger partial charge on any atom is -0.370 e. The van der Waals surface area contributed by atoms with E-state index in [-0.39, 0.29) is 10.0 Å². The van der Waals surface area contributed by atoms with E-state index in [4.69, 9.17) is 0 Å². The molecule has 0 heterocycles. The van der Waals surface area contributed by atoms with Gasteiger partial charge in [-0.3, -0.25) is 0 Å². The minimum absolute atomic E-state index is 0.0557. The number of hydrogen-bond acceptors (Lipinski definition) is 2. The number of rotatable bonds is 5. The molecule has 0 spiro atoms. The van der Waals surface area contributed by atoms with Crippen molar-refractivity contribution in [2.45, 2.75) is 12.2 Å². The molecule has 0 aromatic heterocycles. The Morgan fingerprint density at radius 2 is 1.89 bits per heavy atom. The first-order valence-electron chi connectivity index (χ1n) is 5.21. The molecule has 1 atom stereocenters. The summed E-state index contributed by atoms with van der Waals surface area (Å²) in [5.41, 5.74) is -0.0922. The lowest BCUT2D eigenvalue weighted by atomic mass is 10.1. The van der Waals surface area contributed by atoms with Gasteiger partial charge in [0.1, 0.15) is 18.2 Å². The third kappa shape index (κ3) is 5.04. The number of halogens is 6. The van der Waals surface area contributed by atoms with E-state index in [2.05, 4.69) is 26.0 Å². The Morgan fingerprint density at radius 3 is 2.42 bits per heavy atom. The number of alkyl halides is 3. The predicted molar refractivity (Wildman–Crippen MR) is 62.7 cm³/mol. The highest BCUT2D eigenvalue weighted by Gasteiger charge is 2.28. The number of ether oxygens (including phenoxy) is 1. The molecule has 0 aliphatic carbocycles. The highest BCUT2D eigenvalue weighted by atomic mass is 79.9. The standard InChI is InChI=1S/C11H11BrF5NO/c1-18-10(4-19-5-11(15,16)17)6-2-9(14)7(12)3-8(6)13/h2-3,10,18H,4-5H2,1H3. The van der Waals surface area contributed by atoms with Gasteiger partial charge in [-0.1, -0.05) is 0 Å². The molecule has 8 heteroatoms. The summed E-state index contributed by atoms with van der Waals surface area (Å²) in [6, 6.07) is 0.959. The molecule has 1 aromatic carbocycles. The summed E-state index contributed by atoms with van der Waals surface area (Å²) in [6.07, 6.45) is -4.46. The third-order valence-corrected chi connectivity index (χ3v) is 2.92. The number of hydrogen-bond donors (Lipinski definition) is 1. The molecule has 2 nitrogen and oxygen atoms in total. The average molecular weight is 348 g/mol. The summed E-state index contributed by atoms with van der Waals surface area (Å²) in [4.78, 5) is 0. The molecule has 1 rings (SSSR count). The zero-order valence-corrected chi connectivity index (χ0v) is 11.4. The van der Waals surface area contributed by atoms with Gasteiger partial charge in [-0.05, 0) is 35.1 Å². The summed E-state index contributed by atoms with van der Waals surface area (Å²) < 4.78 is 67.1. The van der Waals surface area contributed by atoms with Gasteiger partial charge in [-0.25, -0.2) is 8.78 Å². The second kappa shape index (κ2) is 6.62. The molecule has 0 amide bonds. The van der Waals surface area contributed by atoms with Gasteiger partial charge in [0, 0.05) is 5.56 Å². The monoisotopic (exact) mass is 347 g/mol. The SMILES string of the molecule is CNC(COCC(F)(F)F)c1cc(F)c(Br)cc1F. The molecule has 0 aliphatic heterocycles. The molecule has 1 unspecified atom stereocenters. The van der Waals surface area contributed by atoms with E-state index in [1.54, 1.807) is 0 Å². The Bertz CT molecular complexity index is 438. The van der Waals surface area contributed by atoms with Crippen LogP contribution in [0.1, 0.15) is 11.6 Å². The molecular formula is C11H11BrF5NO. The Balaban J connectivity index is 2.77. The summed E-state index contributed by atoms with van der Waals surface area (Å²) in [6.45, 7) is -1.86. The van der Waals surface area contributed by atoms with Crippen molar-refractivity contribution in [3.8, 4) is 0 Å². The van der Waals surface area contributed by atoms with Gasteiger partial charge in [0.15, 0.2) is 0 Å². The van der Waals surface area contributed by atoms with Crippen LogP contribution in [0.3, 0.4) is 0 Å². The largest absolute Gasteiger partial charge is 0.411 e. The van der Waals surface area contributed by atoms with Crippen LogP contribution in [0, 0.1) is 11.6 Å². The van der Waals surface area contributed by atoms with Crippen LogP contribution in [-0.2, 0) is 4.74 Å². The maximum Gasteiger partial charge on any atom is 0.411 e. The Kier molecular flexibility index (Phi) is 5.69. The van der Waals surface area contributed by atoms with Crippen LogP contribution in [0.25, 0.3) is 0 Å². The van der Waals surface area contributed by atoms with Crippen LogP contribution in [0.2, 0.25) is 0 Å². The Morgan fingerprint density at radius 1 is 1.26 bits per heavy atom. The van der Waals surface area contributed by atoms with E-state index in [1.165, 1.54) is 7.05 Å². The van der Waals surface area contributed by atoms with Gasteiger partial charge in [-0.15, -0.1) is 0 Å². The highest BCUT2D eigenvalue weighted by Crippen LogP contribution is 2.25. The van der Waals surface area contributed by atoms with Crippen LogP contribution in [-0.4, -0.2) is 26.4 Å². The summed E-state index contributed by atoms with van der Waals surface area (Å²) in [5.74, 6) is -1.43. The lowest BCUT2D eigenvalue weighted by molar-refractivity contribution is -0.175. The van der Waals surface area contributed by atoms with E-state index in [0.29, 0.717) is 0 Å². The maximum absolute atomic E-state index is 13.6. The van der Waals surface area contributed by atoms with Crippen LogP contribution >= 0.6 is 15.9 Å². The van der Waals surface area contributed by atoms with Gasteiger partial charge in [-0.2, -0.15) is 13.2 Å². The van der Waals surface area contributed by atoms with Gasteiger partial charge in [0.05, 0.1) is 17.1 Å². The quantitative estimate of drug-likeness (QED) is 0.649. The first-order valence-corrected chi connectivity index (χ1v) is 6.00. The van der Waals surface area contributed by atoms with Crippen LogP contribution in [0.15, 0.2) is 16.6 Å². The molecule has 1 aromatic rings. The molecule has 19 heavy (non-hydrogen) atoms. The fraction of sp³-hybridized carbons (Fsp3) is 0.455. The molecule has 0 saturated carbocycles. The second-order valence-electron chi connectivity index (χ2n) is 3.76. The molecule has 108 valence electrons. The lowest BCUT2D eigenvalue weighted by Crippen LogP contribution is -2.26. The number of benzene rings is 1. The van der Waals surface area contributed by atoms with Gasteiger partial charge >= 0.3 is 6.18 Å². The molecule has 0 saturated heterocycles. The van der Waals surface area contributed by atoms with E-state index < -0.39 is 37.1 Å². The topological polar surface area (TPSA) is 21.3 Å². The lowest BCUT2D eigenvalue weighted by Gasteiger charge is -2.18. The van der Waals surface area contributed by atoms with Crippen LogP contribution < -0.4 is 5.32 Å². The van der Waals surface area contributed by atoms with Gasteiger partial charge in [0.25, 0.3) is 0 Å². The van der Waals surface area contributed by atoms with Crippen molar-refractivity contribution in [3.63, 3.8) is 0 Å². The van der Waals surface area contributed by atoms with Gasteiger partial charge in [0.2, 0.25) is 0 Å². The molecule has 1 N–H and O–H groups in total. The van der Waals surface area contributed by atoms with Crippen molar-refractivity contribution < 1.29 is 26.7 Å². The van der Waals surface area contributed by atoms with Crippen LogP contribution in [0.5, 0.6) is 0 Å². The van der Waals surface area contributed by atoms with E-state index in [0.717, 1.165) is 12.1 Å². The molecular weight excluding hydrogens is 337 g/mol. The van der Waals surface area contributed by atoms with Crippen molar-refractivity contribution in [1.82, 2.24) is 5.32 Å². The average Bonchev–Trinajstić information content (AvgIpc) is 2.29. The smallest absolute Gasteiger partial charge is 0.370 e. The summed E-state index contributed by atoms with van der Waals surface area (Å²) >= 11 is 2.81. The van der Waals surface area contributed by atoms with Crippen molar-refractivity contribution in [3.05, 3.63) is 33.8 Å². The predicted octanol–water partition coefficient (Wildman–Crippen LogP) is 3.57. The fourth-order valence-corrected chi connectivity index (χ4v) is 1.74. The van der Waals surface area contributed by atoms with Crippen molar-refractivity contribution in [2.24, 2.45) is 0 Å². The van der Waals surface area contributed by atoms with Crippen LogP contribution in [0.4, 0.5) is 22.0 Å². The molecule has 0 aliphatic rings. The first kappa shape index (κ1) is 16.3. The van der Waals surface area contributed by atoms with Crippen molar-refractivity contribution in [2.75, 3.05) is 20.3 Å². The Labute approximate surface area is 115 Å². The molecule has 0 radical (unpaired) electrons. The van der Waals surface area contributed by atoms with E-state index >= 15 is 0 Å². The second-order valence-corrected chi connectivity index (χ2v) is 4.61. The minimum atomic E-state index is -4.46. The summed E-state index contributed by atoms with van der Waals surface area (Å²) in [7, 11) is 1.42. The maximum atomic E-state index is 13.6. The zero-order chi connectivity index (χ0) is 14.6. The molecule has 0 fully saturated rings. The first-order chi connectivity index (χ1) is 8.74. The van der Waals surface area contributed by atoms with E-state index in [9.17, 15) is 22.0 Å². The van der Waals surface area contributed by atoms with Crippen molar-refractivity contribution >= 4 is 15.9 Å². The number of nitrogens with one attached hydrogen (secondary N) is 1.